The molecule has 1 unspecified atom stereocenters. The summed E-state index contributed by atoms with van der Waals surface area (Å²) in [5.41, 5.74) is -0.733. The zero-order valence-corrected chi connectivity index (χ0v) is 17.0. The molecule has 0 radical (unpaired) electrons. The summed E-state index contributed by atoms with van der Waals surface area (Å²) < 4.78 is 69.1. The monoisotopic (exact) mass is 429 g/mol. The molecule has 0 saturated heterocycles. The third-order valence-corrected chi connectivity index (χ3v) is 3.91. The lowest BCUT2D eigenvalue weighted by atomic mass is 9.91. The summed E-state index contributed by atoms with van der Waals surface area (Å²) in [6.45, 7) is 9.38. The van der Waals surface area contributed by atoms with Gasteiger partial charge in [-0.25, -0.2) is 0 Å². The number of rotatable bonds is 6. The van der Waals surface area contributed by atoms with Crippen LogP contribution in [0.5, 0.6) is 5.75 Å². The molecule has 0 amide bonds. The van der Waals surface area contributed by atoms with Crippen LogP contribution in [0.15, 0.2) is 30.3 Å². The fourth-order valence-corrected chi connectivity index (χ4v) is 2.14. The number of carbonyl (C=O) groups is 1. The van der Waals surface area contributed by atoms with Gasteiger partial charge in [-0.05, 0) is 38.8 Å². The molecular weight excluding hydrogens is 403 g/mol. The Labute approximate surface area is 162 Å². The molecule has 0 heterocycles. The number of carbonyl (C=O) groups excluding carboxylic acids is 1. The first-order valence-corrected chi connectivity index (χ1v) is 9.67. The van der Waals surface area contributed by atoms with E-state index in [1.807, 2.05) is 58.0 Å². The molecule has 11 heteroatoms. The van der Waals surface area contributed by atoms with Crippen LogP contribution in [0.2, 0.25) is 0 Å². The fraction of sp³-hybridized carbons (Fsp3) is 0.588. The average Bonchev–Trinajstić information content (AvgIpc) is 2.51. The highest BCUT2D eigenvalue weighted by Crippen LogP contribution is 2.27. The van der Waals surface area contributed by atoms with Crippen molar-refractivity contribution in [2.75, 3.05) is 0 Å². The number of esters is 1. The van der Waals surface area contributed by atoms with Crippen molar-refractivity contribution in [3.05, 3.63) is 30.3 Å². The van der Waals surface area contributed by atoms with E-state index in [0.29, 0.717) is 0 Å². The van der Waals surface area contributed by atoms with Gasteiger partial charge in [0.25, 0.3) is 0 Å². The first kappa shape index (κ1) is 26.1. The molecule has 0 bridgehead atoms. The van der Waals surface area contributed by atoms with E-state index in [-0.39, 0.29) is 12.0 Å². The maximum absolute atomic E-state index is 11.7. The predicted octanol–water partition coefficient (Wildman–Crippen LogP) is 3.15. The molecule has 1 aromatic rings. The van der Waals surface area contributed by atoms with Crippen LogP contribution in [-0.4, -0.2) is 42.2 Å². The normalized spacial score (nSPS) is 14.5. The Morgan fingerprint density at radius 2 is 1.54 bits per heavy atom. The number of para-hydroxylation sites is 1. The SMILES string of the molecule is CC(N)C(=O)OC(C)(C)[C@H](Oc1ccccc1)C(C)C.O=S(=O)(O)C(F)(F)F. The van der Waals surface area contributed by atoms with Crippen molar-refractivity contribution in [3.8, 4) is 5.75 Å². The van der Waals surface area contributed by atoms with Crippen molar-refractivity contribution in [1.82, 2.24) is 0 Å². The highest BCUT2D eigenvalue weighted by molar-refractivity contribution is 7.86. The van der Waals surface area contributed by atoms with Gasteiger partial charge in [-0.15, -0.1) is 0 Å². The molecule has 0 aliphatic heterocycles. The van der Waals surface area contributed by atoms with E-state index >= 15 is 0 Å². The quantitative estimate of drug-likeness (QED) is 0.405. The summed E-state index contributed by atoms with van der Waals surface area (Å²) in [6.07, 6.45) is -0.257. The van der Waals surface area contributed by atoms with Crippen molar-refractivity contribution in [1.29, 1.82) is 0 Å². The number of hydrogen-bond donors (Lipinski definition) is 2. The van der Waals surface area contributed by atoms with Gasteiger partial charge in [0.05, 0.1) is 0 Å². The topological polar surface area (TPSA) is 116 Å². The van der Waals surface area contributed by atoms with Crippen molar-refractivity contribution in [2.24, 2.45) is 11.7 Å². The standard InChI is InChI=1S/C16H25NO3.CHF3O3S/c1-11(2)14(19-13-9-7-6-8-10-13)16(4,5)20-15(18)12(3)17;2-1(3,4)8(5,6)7/h6-12,14H,17H2,1-5H3;(H,5,6,7)/t12?,14-;/m1./s1. The summed E-state index contributed by atoms with van der Waals surface area (Å²) in [4.78, 5) is 11.7. The van der Waals surface area contributed by atoms with Crippen molar-refractivity contribution in [3.63, 3.8) is 0 Å². The molecule has 3 N–H and O–H groups in total. The third-order valence-electron chi connectivity index (χ3n) is 3.32. The fourth-order valence-electron chi connectivity index (χ4n) is 2.14. The number of hydrogen-bond acceptors (Lipinski definition) is 6. The second kappa shape index (κ2) is 10.1. The van der Waals surface area contributed by atoms with E-state index in [9.17, 15) is 18.0 Å². The second-order valence-corrected chi connectivity index (χ2v) is 8.24. The molecule has 1 rings (SSSR count). The largest absolute Gasteiger partial charge is 0.522 e. The molecule has 1 aromatic carbocycles. The molecule has 162 valence electrons. The highest BCUT2D eigenvalue weighted by atomic mass is 32.2. The van der Waals surface area contributed by atoms with E-state index in [1.165, 1.54) is 0 Å². The van der Waals surface area contributed by atoms with Gasteiger partial charge in [-0.3, -0.25) is 9.35 Å². The van der Waals surface area contributed by atoms with Crippen molar-refractivity contribution >= 4 is 16.1 Å². The number of halogens is 3. The Balaban J connectivity index is 0.000000769. The van der Waals surface area contributed by atoms with Crippen LogP contribution >= 0.6 is 0 Å². The smallest absolute Gasteiger partial charge is 0.486 e. The molecule has 7 nitrogen and oxygen atoms in total. The Hall–Kier alpha value is -1.85. The van der Waals surface area contributed by atoms with Crippen molar-refractivity contribution < 1.29 is 40.4 Å². The van der Waals surface area contributed by atoms with Gasteiger partial charge in [-0.1, -0.05) is 32.0 Å². The summed E-state index contributed by atoms with van der Waals surface area (Å²) in [5.74, 6) is 0.527. The maximum atomic E-state index is 11.7. The minimum atomic E-state index is -5.84. The summed E-state index contributed by atoms with van der Waals surface area (Å²) in [7, 11) is -5.84. The molecular formula is C17H26F3NO6S. The van der Waals surface area contributed by atoms with Gasteiger partial charge in [0.15, 0.2) is 0 Å². The molecule has 0 aromatic heterocycles. The second-order valence-electron chi connectivity index (χ2n) is 6.83. The Morgan fingerprint density at radius 1 is 1.11 bits per heavy atom. The molecule has 2 atom stereocenters. The van der Waals surface area contributed by atoms with Gasteiger partial charge >= 0.3 is 21.6 Å². The van der Waals surface area contributed by atoms with E-state index in [0.717, 1.165) is 5.75 Å². The number of alkyl halides is 3. The summed E-state index contributed by atoms with van der Waals surface area (Å²) in [6, 6.07) is 8.89. The van der Waals surface area contributed by atoms with Crippen LogP contribution in [0.1, 0.15) is 34.6 Å². The van der Waals surface area contributed by atoms with Gasteiger partial charge in [0.2, 0.25) is 0 Å². The van der Waals surface area contributed by atoms with E-state index in [1.54, 1.807) is 6.92 Å². The lowest BCUT2D eigenvalue weighted by Crippen LogP contribution is -2.49. The molecule has 0 aliphatic rings. The minimum Gasteiger partial charge on any atom is -0.486 e. The van der Waals surface area contributed by atoms with Crippen LogP contribution in [0.4, 0.5) is 13.2 Å². The predicted molar refractivity (Wildman–Crippen MR) is 97.1 cm³/mol. The Morgan fingerprint density at radius 3 is 1.86 bits per heavy atom. The molecule has 28 heavy (non-hydrogen) atoms. The van der Waals surface area contributed by atoms with Crippen LogP contribution in [0.3, 0.4) is 0 Å². The van der Waals surface area contributed by atoms with Gasteiger partial charge < -0.3 is 15.2 Å². The minimum absolute atomic E-state index is 0.186. The molecule has 0 saturated carbocycles. The lowest BCUT2D eigenvalue weighted by Gasteiger charge is -2.37. The van der Waals surface area contributed by atoms with Gasteiger partial charge in [0.1, 0.15) is 23.5 Å². The van der Waals surface area contributed by atoms with Crippen LogP contribution in [-0.2, 0) is 19.6 Å². The lowest BCUT2D eigenvalue weighted by molar-refractivity contribution is -0.169. The van der Waals surface area contributed by atoms with Crippen molar-refractivity contribution in [2.45, 2.75) is 57.9 Å². The first-order valence-electron chi connectivity index (χ1n) is 8.23. The zero-order chi connectivity index (χ0) is 22.3. The van der Waals surface area contributed by atoms with Gasteiger partial charge in [-0.2, -0.15) is 21.6 Å². The van der Waals surface area contributed by atoms with E-state index in [2.05, 4.69) is 0 Å². The van der Waals surface area contributed by atoms with Crippen LogP contribution in [0, 0.1) is 5.92 Å². The van der Waals surface area contributed by atoms with Crippen LogP contribution < -0.4 is 10.5 Å². The number of nitrogens with two attached hydrogens (primary N) is 1. The molecule has 0 aliphatic carbocycles. The Kier molecular flexibility index (Phi) is 9.41. The summed E-state index contributed by atoms with van der Waals surface area (Å²) in [5, 5.41) is 0. The molecule has 0 spiro atoms. The number of ether oxygens (including phenoxy) is 2. The maximum Gasteiger partial charge on any atom is 0.522 e. The Bertz CT molecular complexity index is 718. The van der Waals surface area contributed by atoms with Crippen LogP contribution in [0.25, 0.3) is 0 Å². The number of benzene rings is 1. The zero-order valence-electron chi connectivity index (χ0n) is 16.2. The van der Waals surface area contributed by atoms with Gasteiger partial charge in [0, 0.05) is 0 Å². The summed E-state index contributed by atoms with van der Waals surface area (Å²) >= 11 is 0. The first-order chi connectivity index (χ1) is 12.5. The molecule has 0 fully saturated rings. The highest BCUT2D eigenvalue weighted by Gasteiger charge is 2.44. The van der Waals surface area contributed by atoms with E-state index in [4.69, 9.17) is 28.2 Å². The average molecular weight is 429 g/mol. The van der Waals surface area contributed by atoms with E-state index < -0.39 is 33.2 Å². The third kappa shape index (κ3) is 8.89.